The van der Waals surface area contributed by atoms with Crippen molar-refractivity contribution in [3.63, 3.8) is 0 Å². The van der Waals surface area contributed by atoms with Gasteiger partial charge in [-0.15, -0.1) is 0 Å². The lowest BCUT2D eigenvalue weighted by molar-refractivity contribution is -0.151. The lowest BCUT2D eigenvalue weighted by Gasteiger charge is -2.29. The van der Waals surface area contributed by atoms with Gasteiger partial charge in [-0.2, -0.15) is 5.06 Å². The fourth-order valence-electron chi connectivity index (χ4n) is 2.33. The number of ether oxygens (including phenoxy) is 1. The maximum atomic E-state index is 11.5. The number of nitrogens with zero attached hydrogens (tertiary/aromatic N) is 1. The van der Waals surface area contributed by atoms with Gasteiger partial charge in [0, 0.05) is 6.54 Å². The quantitative estimate of drug-likeness (QED) is 0.513. The van der Waals surface area contributed by atoms with E-state index in [1.807, 2.05) is 42.5 Å². The summed E-state index contributed by atoms with van der Waals surface area (Å²) in [5, 5.41) is 11.4. The highest BCUT2D eigenvalue weighted by Crippen LogP contribution is 2.23. The number of hydrogen-bond acceptors (Lipinski definition) is 4. The predicted octanol–water partition coefficient (Wildman–Crippen LogP) is 2.39. The van der Waals surface area contributed by atoms with Gasteiger partial charge in [-0.3, -0.25) is 4.79 Å². The van der Waals surface area contributed by atoms with Crippen LogP contribution < -0.4 is 0 Å². The number of hydroxylamine groups is 2. The molecule has 0 bridgehead atoms. The molecule has 0 saturated heterocycles. The molecular formula is C15H19NO3. The van der Waals surface area contributed by atoms with Crippen LogP contribution in [0.15, 0.2) is 42.5 Å². The van der Waals surface area contributed by atoms with Crippen LogP contribution in [0.2, 0.25) is 0 Å². The standard InChI is InChI=1S/C15H19NO3/c1-19-15(17)13-8-5-9-14(10-13)16(18)11-12-6-3-2-4-7-12/h2-7,9,13-14,18H,8,10-11H2,1H3/t13-,14+/m1/s1. The van der Waals surface area contributed by atoms with E-state index in [4.69, 9.17) is 4.74 Å². The second-order valence-corrected chi connectivity index (χ2v) is 4.77. The van der Waals surface area contributed by atoms with Crippen LogP contribution in [-0.2, 0) is 16.1 Å². The van der Waals surface area contributed by atoms with Gasteiger partial charge in [0.25, 0.3) is 0 Å². The van der Waals surface area contributed by atoms with Crippen molar-refractivity contribution in [2.75, 3.05) is 7.11 Å². The van der Waals surface area contributed by atoms with Crippen LogP contribution in [0.5, 0.6) is 0 Å². The van der Waals surface area contributed by atoms with Gasteiger partial charge in [0.05, 0.1) is 19.1 Å². The molecule has 4 heteroatoms. The third kappa shape index (κ3) is 3.66. The van der Waals surface area contributed by atoms with Crippen LogP contribution in [0.4, 0.5) is 0 Å². The Bertz CT molecular complexity index is 444. The molecule has 1 aromatic rings. The number of hydrogen-bond donors (Lipinski definition) is 1. The van der Waals surface area contributed by atoms with Gasteiger partial charge in [0.15, 0.2) is 0 Å². The molecule has 0 heterocycles. The number of benzene rings is 1. The normalized spacial score (nSPS) is 22.5. The van der Waals surface area contributed by atoms with Gasteiger partial charge in [-0.25, -0.2) is 0 Å². The summed E-state index contributed by atoms with van der Waals surface area (Å²) in [6.07, 6.45) is 5.15. The van der Waals surface area contributed by atoms with E-state index in [0.29, 0.717) is 19.4 Å². The second kappa shape index (κ2) is 6.50. The molecular weight excluding hydrogens is 242 g/mol. The highest BCUT2D eigenvalue weighted by Gasteiger charge is 2.27. The molecule has 2 rings (SSSR count). The van der Waals surface area contributed by atoms with Gasteiger partial charge < -0.3 is 9.94 Å². The first-order chi connectivity index (χ1) is 9.20. The first-order valence-corrected chi connectivity index (χ1v) is 6.44. The van der Waals surface area contributed by atoms with Crippen LogP contribution in [0.1, 0.15) is 18.4 Å². The summed E-state index contributed by atoms with van der Waals surface area (Å²) in [5.41, 5.74) is 1.04. The maximum Gasteiger partial charge on any atom is 0.309 e. The Morgan fingerprint density at radius 3 is 2.84 bits per heavy atom. The van der Waals surface area contributed by atoms with Crippen molar-refractivity contribution in [3.05, 3.63) is 48.0 Å². The zero-order valence-corrected chi connectivity index (χ0v) is 11.0. The monoisotopic (exact) mass is 261 g/mol. The zero-order chi connectivity index (χ0) is 13.7. The summed E-state index contributed by atoms with van der Waals surface area (Å²) in [6, 6.07) is 9.62. The van der Waals surface area contributed by atoms with E-state index in [2.05, 4.69) is 0 Å². The molecule has 0 amide bonds. The Balaban J connectivity index is 1.96. The van der Waals surface area contributed by atoms with Crippen molar-refractivity contribution in [2.45, 2.75) is 25.4 Å². The molecule has 19 heavy (non-hydrogen) atoms. The third-order valence-corrected chi connectivity index (χ3v) is 3.41. The van der Waals surface area contributed by atoms with Crippen LogP contribution in [-0.4, -0.2) is 29.4 Å². The molecule has 2 atom stereocenters. The van der Waals surface area contributed by atoms with Crippen molar-refractivity contribution in [2.24, 2.45) is 5.92 Å². The Hall–Kier alpha value is -1.65. The van der Waals surface area contributed by atoms with E-state index in [1.165, 1.54) is 12.2 Å². The minimum absolute atomic E-state index is 0.141. The predicted molar refractivity (Wildman–Crippen MR) is 71.4 cm³/mol. The van der Waals surface area contributed by atoms with Crippen molar-refractivity contribution >= 4 is 5.97 Å². The first-order valence-electron chi connectivity index (χ1n) is 6.44. The molecule has 102 valence electrons. The van der Waals surface area contributed by atoms with E-state index in [1.54, 1.807) is 0 Å². The number of carbonyl (C=O) groups excluding carboxylic acids is 1. The molecule has 1 aromatic carbocycles. The van der Waals surface area contributed by atoms with Gasteiger partial charge >= 0.3 is 5.97 Å². The number of esters is 1. The molecule has 0 saturated carbocycles. The zero-order valence-electron chi connectivity index (χ0n) is 11.0. The topological polar surface area (TPSA) is 49.8 Å². The molecule has 0 radical (unpaired) electrons. The summed E-state index contributed by atoms with van der Waals surface area (Å²) in [5.74, 6) is -0.368. The largest absolute Gasteiger partial charge is 0.469 e. The van der Waals surface area contributed by atoms with Crippen LogP contribution in [0.3, 0.4) is 0 Å². The van der Waals surface area contributed by atoms with E-state index >= 15 is 0 Å². The summed E-state index contributed by atoms with van der Waals surface area (Å²) < 4.78 is 4.76. The molecule has 4 nitrogen and oxygen atoms in total. The number of carbonyl (C=O) groups is 1. The molecule has 0 spiro atoms. The molecule has 1 aliphatic carbocycles. The highest BCUT2D eigenvalue weighted by molar-refractivity contribution is 5.72. The Labute approximate surface area is 113 Å². The first kappa shape index (κ1) is 13.8. The van der Waals surface area contributed by atoms with Gasteiger partial charge in [-0.05, 0) is 18.4 Å². The summed E-state index contributed by atoms with van der Waals surface area (Å²) >= 11 is 0. The fourth-order valence-corrected chi connectivity index (χ4v) is 2.33. The highest BCUT2D eigenvalue weighted by atomic mass is 16.5. The van der Waals surface area contributed by atoms with Crippen molar-refractivity contribution in [1.29, 1.82) is 0 Å². The average Bonchev–Trinajstić information content (AvgIpc) is 2.47. The molecule has 0 unspecified atom stereocenters. The van der Waals surface area contributed by atoms with Gasteiger partial charge in [0.1, 0.15) is 0 Å². The smallest absolute Gasteiger partial charge is 0.309 e. The van der Waals surface area contributed by atoms with Crippen LogP contribution in [0.25, 0.3) is 0 Å². The van der Waals surface area contributed by atoms with Crippen LogP contribution >= 0.6 is 0 Å². The summed E-state index contributed by atoms with van der Waals surface area (Å²) in [6.45, 7) is 0.448. The molecule has 1 N–H and O–H groups in total. The van der Waals surface area contributed by atoms with Crippen LogP contribution in [0, 0.1) is 5.92 Å². The SMILES string of the molecule is COC(=O)[C@@H]1CC=C[C@H](N(O)Cc2ccccc2)C1. The van der Waals surface area contributed by atoms with Gasteiger partial charge in [-0.1, -0.05) is 42.5 Å². The van der Waals surface area contributed by atoms with Crippen molar-refractivity contribution in [3.8, 4) is 0 Å². The second-order valence-electron chi connectivity index (χ2n) is 4.77. The maximum absolute atomic E-state index is 11.5. The number of allylic oxidation sites excluding steroid dienone is 1. The minimum Gasteiger partial charge on any atom is -0.469 e. The lowest BCUT2D eigenvalue weighted by Crippen LogP contribution is -2.35. The van der Waals surface area contributed by atoms with E-state index in [-0.39, 0.29) is 17.9 Å². The Morgan fingerprint density at radius 2 is 2.16 bits per heavy atom. The number of rotatable bonds is 4. The summed E-state index contributed by atoms with van der Waals surface area (Å²) in [7, 11) is 1.40. The Morgan fingerprint density at radius 1 is 1.42 bits per heavy atom. The van der Waals surface area contributed by atoms with Gasteiger partial charge in [0.2, 0.25) is 0 Å². The minimum atomic E-state index is -0.206. The third-order valence-electron chi connectivity index (χ3n) is 3.41. The Kier molecular flexibility index (Phi) is 4.71. The van der Waals surface area contributed by atoms with Crippen molar-refractivity contribution < 1.29 is 14.7 Å². The summed E-state index contributed by atoms with van der Waals surface area (Å²) in [4.78, 5) is 11.5. The van der Waals surface area contributed by atoms with E-state index in [0.717, 1.165) is 5.56 Å². The average molecular weight is 261 g/mol. The van der Waals surface area contributed by atoms with E-state index in [9.17, 15) is 10.0 Å². The van der Waals surface area contributed by atoms with E-state index < -0.39 is 0 Å². The molecule has 0 fully saturated rings. The lowest BCUT2D eigenvalue weighted by atomic mass is 9.91. The fraction of sp³-hybridized carbons (Fsp3) is 0.400. The molecule has 0 aliphatic heterocycles. The molecule has 0 aromatic heterocycles. The molecule has 1 aliphatic rings. The number of methoxy groups -OCH3 is 1. The van der Waals surface area contributed by atoms with Crippen molar-refractivity contribution in [1.82, 2.24) is 5.06 Å².